The monoisotopic (exact) mass is 382 g/mol. The smallest absolute Gasteiger partial charge is 0.137 e. The van der Waals surface area contributed by atoms with E-state index in [2.05, 4.69) is 15.9 Å². The van der Waals surface area contributed by atoms with Gasteiger partial charge in [0.2, 0.25) is 0 Å². The Morgan fingerprint density at radius 2 is 1.74 bits per heavy atom. The van der Waals surface area contributed by atoms with Gasteiger partial charge in [-0.15, -0.1) is 0 Å². The predicted octanol–water partition coefficient (Wildman–Crippen LogP) is 6.13. The third kappa shape index (κ3) is 3.76. The van der Waals surface area contributed by atoms with Crippen LogP contribution in [0.2, 0.25) is 15.1 Å². The number of ether oxygens (including phenoxy) is 1. The van der Waals surface area contributed by atoms with Gasteiger partial charge in [-0.1, -0.05) is 34.8 Å². The van der Waals surface area contributed by atoms with Gasteiger partial charge in [0, 0.05) is 16.7 Å². The van der Waals surface area contributed by atoms with Gasteiger partial charge in [-0.2, -0.15) is 0 Å². The summed E-state index contributed by atoms with van der Waals surface area (Å²) in [6.07, 6.45) is 0. The SMILES string of the molecule is Fc1cc(COc2ccc(Cl)c(Cl)c2)c(Cl)cc1Br. The molecule has 0 aromatic heterocycles. The van der Waals surface area contributed by atoms with Crippen molar-refractivity contribution in [1.29, 1.82) is 0 Å². The molecule has 0 N–H and O–H groups in total. The van der Waals surface area contributed by atoms with Crippen molar-refractivity contribution in [2.75, 3.05) is 0 Å². The Kier molecular flexibility index (Phi) is 4.96. The Balaban J connectivity index is 2.14. The van der Waals surface area contributed by atoms with Crippen LogP contribution in [-0.4, -0.2) is 0 Å². The van der Waals surface area contributed by atoms with Crippen LogP contribution in [0.25, 0.3) is 0 Å². The van der Waals surface area contributed by atoms with Crippen LogP contribution in [0.1, 0.15) is 5.56 Å². The molecule has 0 aliphatic rings. The number of rotatable bonds is 3. The van der Waals surface area contributed by atoms with Gasteiger partial charge in [0.25, 0.3) is 0 Å². The van der Waals surface area contributed by atoms with Crippen molar-refractivity contribution in [1.82, 2.24) is 0 Å². The van der Waals surface area contributed by atoms with Crippen molar-refractivity contribution in [3.05, 3.63) is 61.3 Å². The van der Waals surface area contributed by atoms with E-state index >= 15 is 0 Å². The molecule has 0 aliphatic heterocycles. The van der Waals surface area contributed by atoms with E-state index in [0.717, 1.165) is 0 Å². The average Bonchev–Trinajstić information content (AvgIpc) is 2.36. The lowest BCUT2D eigenvalue weighted by Crippen LogP contribution is -1.97. The maximum atomic E-state index is 13.4. The van der Waals surface area contributed by atoms with Crippen LogP contribution in [-0.2, 0) is 6.61 Å². The molecule has 2 rings (SSSR count). The van der Waals surface area contributed by atoms with E-state index in [1.165, 1.54) is 12.1 Å². The van der Waals surface area contributed by atoms with Gasteiger partial charge in [-0.3, -0.25) is 0 Å². The van der Waals surface area contributed by atoms with Gasteiger partial charge in [0.15, 0.2) is 0 Å². The van der Waals surface area contributed by atoms with Crippen LogP contribution in [0.15, 0.2) is 34.8 Å². The molecule has 0 radical (unpaired) electrons. The van der Waals surface area contributed by atoms with E-state index < -0.39 is 5.82 Å². The van der Waals surface area contributed by atoms with Crippen LogP contribution in [0.3, 0.4) is 0 Å². The highest BCUT2D eigenvalue weighted by atomic mass is 79.9. The lowest BCUT2D eigenvalue weighted by atomic mass is 10.2. The Hall–Kier alpha value is -0.480. The summed E-state index contributed by atoms with van der Waals surface area (Å²) in [5.41, 5.74) is 0.549. The quantitative estimate of drug-likeness (QED) is 0.579. The van der Waals surface area contributed by atoms with E-state index in [4.69, 9.17) is 39.5 Å². The molecule has 2 aromatic rings. The second-order valence-electron chi connectivity index (χ2n) is 3.72. The van der Waals surface area contributed by atoms with E-state index in [1.807, 2.05) is 0 Å². The van der Waals surface area contributed by atoms with Gasteiger partial charge < -0.3 is 4.74 Å². The van der Waals surface area contributed by atoms with E-state index in [9.17, 15) is 4.39 Å². The van der Waals surface area contributed by atoms with Crippen molar-refractivity contribution in [3.63, 3.8) is 0 Å². The molecule has 0 heterocycles. The summed E-state index contributed by atoms with van der Waals surface area (Å²) in [5, 5.41) is 1.27. The number of hydrogen-bond donors (Lipinski definition) is 0. The third-order valence-corrected chi connectivity index (χ3v) is 4.07. The Morgan fingerprint density at radius 1 is 1.00 bits per heavy atom. The Morgan fingerprint density at radius 3 is 2.42 bits per heavy atom. The van der Waals surface area contributed by atoms with Crippen molar-refractivity contribution >= 4 is 50.7 Å². The van der Waals surface area contributed by atoms with Gasteiger partial charge >= 0.3 is 0 Å². The highest BCUT2D eigenvalue weighted by Gasteiger charge is 2.08. The standard InChI is InChI=1S/C13H7BrCl3FO/c14-9-5-11(16)7(3-13(9)18)6-19-8-1-2-10(15)12(17)4-8/h1-5H,6H2. The van der Waals surface area contributed by atoms with Crippen LogP contribution < -0.4 is 4.74 Å². The normalized spacial score (nSPS) is 10.6. The predicted molar refractivity (Wildman–Crippen MR) is 79.9 cm³/mol. The molecule has 0 bridgehead atoms. The summed E-state index contributed by atoms with van der Waals surface area (Å²) in [5.74, 6) is 0.144. The molecule has 2 aromatic carbocycles. The topological polar surface area (TPSA) is 9.23 Å². The van der Waals surface area contributed by atoms with Crippen molar-refractivity contribution in [3.8, 4) is 5.75 Å². The second kappa shape index (κ2) is 6.31. The summed E-state index contributed by atoms with van der Waals surface area (Å²) in [6, 6.07) is 7.71. The molecule has 6 heteroatoms. The van der Waals surface area contributed by atoms with Crippen LogP contribution in [0.5, 0.6) is 5.75 Å². The molecule has 0 amide bonds. The minimum Gasteiger partial charge on any atom is -0.489 e. The van der Waals surface area contributed by atoms with Gasteiger partial charge in [0.05, 0.1) is 14.5 Å². The maximum Gasteiger partial charge on any atom is 0.137 e. The lowest BCUT2D eigenvalue weighted by molar-refractivity contribution is 0.305. The molecule has 0 spiro atoms. The molecule has 0 saturated heterocycles. The van der Waals surface area contributed by atoms with Crippen molar-refractivity contribution < 1.29 is 9.13 Å². The first-order valence-electron chi connectivity index (χ1n) is 5.18. The maximum absolute atomic E-state index is 13.4. The van der Waals surface area contributed by atoms with Crippen molar-refractivity contribution in [2.24, 2.45) is 0 Å². The van der Waals surface area contributed by atoms with E-state index in [1.54, 1.807) is 18.2 Å². The first-order chi connectivity index (χ1) is 8.97. The molecule has 19 heavy (non-hydrogen) atoms. The summed E-state index contributed by atoms with van der Waals surface area (Å²) >= 11 is 20.7. The number of benzene rings is 2. The molecular weight excluding hydrogens is 377 g/mol. The minimum atomic E-state index is -0.392. The molecule has 0 aliphatic carbocycles. The fourth-order valence-electron chi connectivity index (χ4n) is 1.40. The summed E-state index contributed by atoms with van der Waals surface area (Å²) in [4.78, 5) is 0. The fourth-order valence-corrected chi connectivity index (χ4v) is 2.38. The lowest BCUT2D eigenvalue weighted by Gasteiger charge is -2.09. The fraction of sp³-hybridized carbons (Fsp3) is 0.0769. The number of hydrogen-bond acceptors (Lipinski definition) is 1. The minimum absolute atomic E-state index is 0.140. The highest BCUT2D eigenvalue weighted by Crippen LogP contribution is 2.28. The summed E-state index contributed by atoms with van der Waals surface area (Å²) in [7, 11) is 0. The number of halogens is 5. The molecule has 0 unspecified atom stereocenters. The van der Waals surface area contributed by atoms with Crippen LogP contribution in [0, 0.1) is 5.82 Å². The molecule has 0 fully saturated rings. The molecule has 0 atom stereocenters. The summed E-state index contributed by atoms with van der Waals surface area (Å²) < 4.78 is 19.2. The third-order valence-electron chi connectivity index (χ3n) is 2.37. The molecular formula is C13H7BrCl3FO. The average molecular weight is 384 g/mol. The first-order valence-corrected chi connectivity index (χ1v) is 7.11. The Bertz CT molecular complexity index is 619. The first kappa shape index (κ1) is 14.9. The van der Waals surface area contributed by atoms with Crippen molar-refractivity contribution in [2.45, 2.75) is 6.61 Å². The zero-order valence-corrected chi connectivity index (χ0v) is 13.2. The largest absolute Gasteiger partial charge is 0.489 e. The molecule has 100 valence electrons. The zero-order chi connectivity index (χ0) is 14.0. The van der Waals surface area contributed by atoms with E-state index in [-0.39, 0.29) is 6.61 Å². The van der Waals surface area contributed by atoms with Gasteiger partial charge in [-0.05, 0) is 40.2 Å². The molecule has 1 nitrogen and oxygen atoms in total. The molecule has 0 saturated carbocycles. The highest BCUT2D eigenvalue weighted by molar-refractivity contribution is 9.10. The van der Waals surface area contributed by atoms with Gasteiger partial charge in [-0.25, -0.2) is 4.39 Å². The second-order valence-corrected chi connectivity index (χ2v) is 5.80. The Labute approximate surface area is 133 Å². The van der Waals surface area contributed by atoms with Crippen LogP contribution in [0.4, 0.5) is 4.39 Å². The van der Waals surface area contributed by atoms with Gasteiger partial charge in [0.1, 0.15) is 18.2 Å². The summed E-state index contributed by atoms with van der Waals surface area (Å²) in [6.45, 7) is 0.140. The zero-order valence-electron chi connectivity index (χ0n) is 9.39. The van der Waals surface area contributed by atoms with E-state index in [0.29, 0.717) is 30.9 Å². The van der Waals surface area contributed by atoms with Crippen LogP contribution >= 0.6 is 50.7 Å².